The first-order chi connectivity index (χ1) is 5.16. The number of benzene rings is 1. The van der Waals surface area contributed by atoms with Gasteiger partial charge in [-0.15, -0.1) is 11.8 Å². The highest BCUT2D eigenvalue weighted by Crippen LogP contribution is 2.32. The summed E-state index contributed by atoms with van der Waals surface area (Å²) in [6, 6.07) is 3.23. The molecule has 0 aliphatic rings. The number of hydrogen-bond donors (Lipinski definition) is 0. The Hall–Kier alpha value is 0.710. The molecule has 0 unspecified atom stereocenters. The lowest BCUT2D eigenvalue weighted by Gasteiger charge is -2.03. The first kappa shape index (κ1) is 9.80. The molecule has 0 fully saturated rings. The summed E-state index contributed by atoms with van der Waals surface area (Å²) in [6.45, 7) is 0. The molecular weight excluding hydrogens is 342 g/mol. The summed E-state index contributed by atoms with van der Waals surface area (Å²) in [4.78, 5) is 0.964. The molecule has 0 N–H and O–H groups in total. The Labute approximate surface area is 91.2 Å². The van der Waals surface area contributed by atoms with Gasteiger partial charge in [0.15, 0.2) is 0 Å². The molecule has 4 heteroatoms. The van der Waals surface area contributed by atoms with E-state index in [1.165, 1.54) is 6.07 Å². The first-order valence-electron chi connectivity index (χ1n) is 2.84. The van der Waals surface area contributed by atoms with Gasteiger partial charge in [-0.25, -0.2) is 4.39 Å². The Morgan fingerprint density at radius 1 is 1.55 bits per heavy atom. The minimum atomic E-state index is -0.199. The van der Waals surface area contributed by atoms with E-state index in [0.717, 1.165) is 8.47 Å². The fourth-order valence-corrected chi connectivity index (χ4v) is 3.55. The second-order valence-corrected chi connectivity index (χ2v) is 4.65. The molecule has 1 aromatic carbocycles. The Morgan fingerprint density at radius 3 is 2.64 bits per heavy atom. The first-order valence-corrected chi connectivity index (χ1v) is 5.94. The maximum absolute atomic E-state index is 12.9. The van der Waals surface area contributed by atoms with Crippen LogP contribution < -0.4 is 0 Å². The van der Waals surface area contributed by atoms with Crippen LogP contribution in [0.25, 0.3) is 0 Å². The average Bonchev–Trinajstić information content (AvgIpc) is 1.99. The number of hydrogen-bond acceptors (Lipinski definition) is 1. The van der Waals surface area contributed by atoms with Gasteiger partial charge >= 0.3 is 0 Å². The lowest BCUT2D eigenvalue weighted by molar-refractivity contribution is 0.616. The Balaban J connectivity index is 3.29. The topological polar surface area (TPSA) is 0 Å². The van der Waals surface area contributed by atoms with E-state index in [9.17, 15) is 4.39 Å². The smallest absolute Gasteiger partial charge is 0.138 e. The lowest BCUT2D eigenvalue weighted by Crippen LogP contribution is -1.84. The fraction of sp³-hybridized carbons (Fsp3) is 0.143. The van der Waals surface area contributed by atoms with E-state index in [2.05, 4.69) is 38.5 Å². The molecule has 0 atom stereocenters. The lowest BCUT2D eigenvalue weighted by atomic mass is 10.3. The summed E-state index contributed by atoms with van der Waals surface area (Å²) in [5, 5.41) is 0. The van der Waals surface area contributed by atoms with E-state index in [1.54, 1.807) is 17.8 Å². The van der Waals surface area contributed by atoms with Crippen molar-refractivity contribution in [3.63, 3.8) is 0 Å². The van der Waals surface area contributed by atoms with Crippen LogP contribution in [-0.2, 0) is 0 Å². The molecule has 60 valence electrons. The zero-order valence-electron chi connectivity index (χ0n) is 5.70. The van der Waals surface area contributed by atoms with Gasteiger partial charge in [0.25, 0.3) is 0 Å². The van der Waals surface area contributed by atoms with Gasteiger partial charge in [-0.3, -0.25) is 0 Å². The van der Waals surface area contributed by atoms with Gasteiger partial charge in [0, 0.05) is 8.47 Å². The van der Waals surface area contributed by atoms with Gasteiger partial charge in [-0.1, -0.05) is 0 Å². The summed E-state index contributed by atoms with van der Waals surface area (Å²) < 4.78 is 14.5. The molecular formula is C7H5BrFIS. The second kappa shape index (κ2) is 4.09. The van der Waals surface area contributed by atoms with Gasteiger partial charge in [-0.2, -0.15) is 0 Å². The highest BCUT2D eigenvalue weighted by atomic mass is 127. The van der Waals surface area contributed by atoms with Crippen molar-refractivity contribution in [2.45, 2.75) is 4.90 Å². The van der Waals surface area contributed by atoms with Crippen LogP contribution in [-0.4, -0.2) is 6.26 Å². The van der Waals surface area contributed by atoms with Crippen LogP contribution >= 0.6 is 50.3 Å². The van der Waals surface area contributed by atoms with Gasteiger partial charge in [0.1, 0.15) is 5.82 Å². The predicted molar refractivity (Wildman–Crippen MR) is 58.6 cm³/mol. The van der Waals surface area contributed by atoms with Crippen LogP contribution in [0.5, 0.6) is 0 Å². The van der Waals surface area contributed by atoms with Crippen LogP contribution in [0.2, 0.25) is 0 Å². The van der Waals surface area contributed by atoms with E-state index in [0.29, 0.717) is 4.47 Å². The Kier molecular flexibility index (Phi) is 3.64. The number of halogens is 3. The van der Waals surface area contributed by atoms with E-state index in [1.807, 2.05) is 6.26 Å². The molecule has 0 aromatic heterocycles. The average molecular weight is 347 g/mol. The molecule has 0 radical (unpaired) electrons. The van der Waals surface area contributed by atoms with Crippen LogP contribution in [0.1, 0.15) is 0 Å². The monoisotopic (exact) mass is 346 g/mol. The summed E-state index contributed by atoms with van der Waals surface area (Å²) in [6.07, 6.45) is 1.93. The molecule has 11 heavy (non-hydrogen) atoms. The van der Waals surface area contributed by atoms with Crippen molar-refractivity contribution >= 4 is 50.3 Å². The van der Waals surface area contributed by atoms with E-state index >= 15 is 0 Å². The quantitative estimate of drug-likeness (QED) is 0.422. The summed E-state index contributed by atoms with van der Waals surface area (Å²) in [7, 11) is 0. The minimum Gasteiger partial charge on any atom is -0.206 e. The normalized spacial score (nSPS) is 10.2. The SMILES string of the molecule is CSc1c(I)ccc(F)c1Br. The third-order valence-electron chi connectivity index (χ3n) is 1.21. The van der Waals surface area contributed by atoms with Crippen molar-refractivity contribution < 1.29 is 4.39 Å². The van der Waals surface area contributed by atoms with Gasteiger partial charge < -0.3 is 0 Å². The zero-order valence-corrected chi connectivity index (χ0v) is 10.3. The third kappa shape index (κ3) is 2.09. The molecule has 0 aliphatic carbocycles. The summed E-state index contributed by atoms with van der Waals surface area (Å²) in [5.74, 6) is -0.199. The summed E-state index contributed by atoms with van der Waals surface area (Å²) >= 11 is 6.92. The molecule has 0 amide bonds. The standard InChI is InChI=1S/C7H5BrFIS/c1-11-7-5(10)3-2-4(9)6(7)8/h2-3H,1H3. The largest absolute Gasteiger partial charge is 0.206 e. The molecule has 0 heterocycles. The van der Waals surface area contributed by atoms with Gasteiger partial charge in [0.05, 0.1) is 4.47 Å². The van der Waals surface area contributed by atoms with Crippen LogP contribution in [0.3, 0.4) is 0 Å². The maximum atomic E-state index is 12.9. The second-order valence-electron chi connectivity index (χ2n) is 1.88. The van der Waals surface area contributed by atoms with Crippen molar-refractivity contribution in [3.8, 4) is 0 Å². The molecule has 0 aliphatic heterocycles. The Morgan fingerprint density at radius 2 is 2.18 bits per heavy atom. The van der Waals surface area contributed by atoms with Crippen molar-refractivity contribution in [2.75, 3.05) is 6.26 Å². The molecule has 0 saturated heterocycles. The maximum Gasteiger partial charge on any atom is 0.138 e. The Bertz CT molecular complexity index is 277. The van der Waals surface area contributed by atoms with Crippen LogP contribution in [0.15, 0.2) is 21.5 Å². The van der Waals surface area contributed by atoms with Crippen molar-refractivity contribution in [1.82, 2.24) is 0 Å². The van der Waals surface area contributed by atoms with Crippen molar-refractivity contribution in [3.05, 3.63) is 26.0 Å². The summed E-state index contributed by atoms with van der Waals surface area (Å²) in [5.41, 5.74) is 0. The van der Waals surface area contributed by atoms with Gasteiger partial charge in [-0.05, 0) is 56.9 Å². The molecule has 1 aromatic rings. The highest BCUT2D eigenvalue weighted by Gasteiger charge is 2.07. The molecule has 0 nitrogen and oxygen atoms in total. The molecule has 1 rings (SSSR count). The fourth-order valence-electron chi connectivity index (χ4n) is 0.696. The van der Waals surface area contributed by atoms with Crippen molar-refractivity contribution in [1.29, 1.82) is 0 Å². The number of thioether (sulfide) groups is 1. The number of rotatable bonds is 1. The minimum absolute atomic E-state index is 0.199. The van der Waals surface area contributed by atoms with Crippen LogP contribution in [0.4, 0.5) is 4.39 Å². The third-order valence-corrected chi connectivity index (χ3v) is 4.34. The van der Waals surface area contributed by atoms with E-state index in [-0.39, 0.29) is 5.82 Å². The van der Waals surface area contributed by atoms with Crippen LogP contribution in [0, 0.1) is 9.39 Å². The van der Waals surface area contributed by atoms with E-state index < -0.39 is 0 Å². The van der Waals surface area contributed by atoms with Gasteiger partial charge in [0.2, 0.25) is 0 Å². The molecule has 0 saturated carbocycles. The molecule has 0 spiro atoms. The molecule has 0 bridgehead atoms. The highest BCUT2D eigenvalue weighted by molar-refractivity contribution is 14.1. The predicted octanol–water partition coefficient (Wildman–Crippen LogP) is 3.91. The van der Waals surface area contributed by atoms with Crippen molar-refractivity contribution in [2.24, 2.45) is 0 Å². The zero-order chi connectivity index (χ0) is 8.43. The van der Waals surface area contributed by atoms with E-state index in [4.69, 9.17) is 0 Å².